The van der Waals surface area contributed by atoms with Crippen molar-refractivity contribution >= 4 is 48.5 Å². The molecule has 0 bridgehead atoms. The van der Waals surface area contributed by atoms with Crippen LogP contribution in [-0.2, 0) is 6.54 Å². The van der Waals surface area contributed by atoms with E-state index in [0.717, 1.165) is 32.1 Å². The lowest BCUT2D eigenvalue weighted by molar-refractivity contribution is 1.14. The standard InChI is InChI=1S/C16H12Br2N2/c17-14-5-3-11(8-15(14)18)10-20-13-4-6-16-12(9-13)2-1-7-19-16/h1-9,20H,10H2. The van der Waals surface area contributed by atoms with Crippen molar-refractivity contribution in [2.24, 2.45) is 0 Å². The number of halogens is 2. The largest absolute Gasteiger partial charge is 0.381 e. The molecule has 0 saturated carbocycles. The predicted octanol–water partition coefficient (Wildman–Crippen LogP) is 5.37. The topological polar surface area (TPSA) is 24.9 Å². The molecule has 1 N–H and O–H groups in total. The van der Waals surface area contributed by atoms with Gasteiger partial charge in [0.2, 0.25) is 0 Å². The third-order valence-electron chi connectivity index (χ3n) is 3.08. The molecule has 0 atom stereocenters. The van der Waals surface area contributed by atoms with Crippen LogP contribution < -0.4 is 5.32 Å². The highest BCUT2D eigenvalue weighted by Gasteiger charge is 2.00. The van der Waals surface area contributed by atoms with Gasteiger partial charge in [0, 0.05) is 32.8 Å². The van der Waals surface area contributed by atoms with Crippen molar-refractivity contribution in [2.45, 2.75) is 6.54 Å². The molecule has 1 aromatic heterocycles. The molecule has 1 heterocycles. The second-order valence-corrected chi connectivity index (χ2v) is 6.22. The summed E-state index contributed by atoms with van der Waals surface area (Å²) in [6, 6.07) is 16.5. The minimum atomic E-state index is 0.789. The van der Waals surface area contributed by atoms with Crippen LogP contribution in [0.2, 0.25) is 0 Å². The van der Waals surface area contributed by atoms with Gasteiger partial charge in [-0.05, 0) is 73.8 Å². The first-order valence-electron chi connectivity index (χ1n) is 6.25. The zero-order valence-corrected chi connectivity index (χ0v) is 13.8. The molecule has 0 aliphatic carbocycles. The van der Waals surface area contributed by atoms with Crippen molar-refractivity contribution in [3.63, 3.8) is 0 Å². The van der Waals surface area contributed by atoms with Crippen molar-refractivity contribution in [1.82, 2.24) is 4.98 Å². The molecule has 0 spiro atoms. The Bertz CT molecular complexity index is 756. The number of nitrogens with zero attached hydrogens (tertiary/aromatic N) is 1. The molecule has 0 saturated heterocycles. The molecule has 0 unspecified atom stereocenters. The SMILES string of the molecule is Brc1ccc(CNc2ccc3ncccc3c2)cc1Br. The van der Waals surface area contributed by atoms with Gasteiger partial charge in [0.05, 0.1) is 5.52 Å². The lowest BCUT2D eigenvalue weighted by Crippen LogP contribution is -1.99. The Hall–Kier alpha value is -1.39. The van der Waals surface area contributed by atoms with Gasteiger partial charge in [0.1, 0.15) is 0 Å². The minimum Gasteiger partial charge on any atom is -0.381 e. The van der Waals surface area contributed by atoms with Crippen LogP contribution in [0.5, 0.6) is 0 Å². The monoisotopic (exact) mass is 390 g/mol. The molecule has 0 aliphatic heterocycles. The Morgan fingerprint density at radius 1 is 0.950 bits per heavy atom. The lowest BCUT2D eigenvalue weighted by Gasteiger charge is -2.08. The first-order chi connectivity index (χ1) is 9.72. The van der Waals surface area contributed by atoms with E-state index in [1.165, 1.54) is 5.56 Å². The fourth-order valence-electron chi connectivity index (χ4n) is 2.04. The van der Waals surface area contributed by atoms with E-state index in [9.17, 15) is 0 Å². The zero-order chi connectivity index (χ0) is 13.9. The predicted molar refractivity (Wildman–Crippen MR) is 90.9 cm³/mol. The van der Waals surface area contributed by atoms with Gasteiger partial charge in [-0.3, -0.25) is 4.98 Å². The second-order valence-electron chi connectivity index (χ2n) is 4.51. The summed E-state index contributed by atoms with van der Waals surface area (Å²) in [5.74, 6) is 0. The molecule has 3 aromatic rings. The fraction of sp³-hybridized carbons (Fsp3) is 0.0625. The van der Waals surface area contributed by atoms with Crippen LogP contribution in [-0.4, -0.2) is 4.98 Å². The van der Waals surface area contributed by atoms with Crippen molar-refractivity contribution in [1.29, 1.82) is 0 Å². The maximum Gasteiger partial charge on any atom is 0.0703 e. The highest BCUT2D eigenvalue weighted by atomic mass is 79.9. The molecule has 100 valence electrons. The first kappa shape index (κ1) is 13.6. The summed E-state index contributed by atoms with van der Waals surface area (Å²) in [6.45, 7) is 0.789. The summed E-state index contributed by atoms with van der Waals surface area (Å²) >= 11 is 7.00. The van der Waals surface area contributed by atoms with Gasteiger partial charge in [0.25, 0.3) is 0 Å². The summed E-state index contributed by atoms with van der Waals surface area (Å²) in [5, 5.41) is 4.58. The van der Waals surface area contributed by atoms with Gasteiger partial charge in [-0.25, -0.2) is 0 Å². The summed E-state index contributed by atoms with van der Waals surface area (Å²) in [5.41, 5.74) is 3.35. The van der Waals surface area contributed by atoms with Crippen LogP contribution in [0, 0.1) is 0 Å². The Labute approximate surface area is 134 Å². The Kier molecular flexibility index (Phi) is 4.03. The summed E-state index contributed by atoms with van der Waals surface area (Å²) in [7, 11) is 0. The van der Waals surface area contributed by atoms with Gasteiger partial charge in [-0.2, -0.15) is 0 Å². The molecular weight excluding hydrogens is 380 g/mol. The normalized spacial score (nSPS) is 10.7. The highest BCUT2D eigenvalue weighted by Crippen LogP contribution is 2.24. The molecule has 2 nitrogen and oxygen atoms in total. The third kappa shape index (κ3) is 3.02. The summed E-state index contributed by atoms with van der Waals surface area (Å²) in [4.78, 5) is 4.32. The molecule has 0 fully saturated rings. The Balaban J connectivity index is 1.77. The number of hydrogen-bond donors (Lipinski definition) is 1. The number of anilines is 1. The first-order valence-corrected chi connectivity index (χ1v) is 7.83. The molecule has 0 amide bonds. The van der Waals surface area contributed by atoms with E-state index in [4.69, 9.17) is 0 Å². The number of benzene rings is 2. The van der Waals surface area contributed by atoms with E-state index in [1.807, 2.05) is 24.4 Å². The van der Waals surface area contributed by atoms with E-state index < -0.39 is 0 Å². The summed E-state index contributed by atoms with van der Waals surface area (Å²) < 4.78 is 2.14. The second kappa shape index (κ2) is 5.94. The van der Waals surface area contributed by atoms with Crippen LogP contribution in [0.3, 0.4) is 0 Å². The van der Waals surface area contributed by atoms with Crippen LogP contribution in [0.1, 0.15) is 5.56 Å². The molecule has 4 heteroatoms. The average molecular weight is 392 g/mol. The number of aromatic nitrogens is 1. The van der Waals surface area contributed by atoms with Gasteiger partial charge in [-0.1, -0.05) is 12.1 Å². The van der Waals surface area contributed by atoms with E-state index in [1.54, 1.807) is 0 Å². The minimum absolute atomic E-state index is 0.789. The maximum atomic E-state index is 4.32. The third-order valence-corrected chi connectivity index (χ3v) is 4.96. The Morgan fingerprint density at radius 2 is 1.85 bits per heavy atom. The molecule has 2 aromatic carbocycles. The van der Waals surface area contributed by atoms with Crippen LogP contribution in [0.4, 0.5) is 5.69 Å². The van der Waals surface area contributed by atoms with Crippen LogP contribution in [0.15, 0.2) is 63.7 Å². The number of hydrogen-bond acceptors (Lipinski definition) is 2. The Morgan fingerprint density at radius 3 is 2.70 bits per heavy atom. The van der Waals surface area contributed by atoms with E-state index >= 15 is 0 Å². The lowest BCUT2D eigenvalue weighted by atomic mass is 10.2. The smallest absolute Gasteiger partial charge is 0.0703 e. The van der Waals surface area contributed by atoms with Gasteiger partial charge in [-0.15, -0.1) is 0 Å². The van der Waals surface area contributed by atoms with Crippen molar-refractivity contribution in [3.05, 3.63) is 69.2 Å². The molecule has 20 heavy (non-hydrogen) atoms. The van der Waals surface area contributed by atoms with E-state index in [0.29, 0.717) is 0 Å². The number of rotatable bonds is 3. The quantitative estimate of drug-likeness (QED) is 0.648. The van der Waals surface area contributed by atoms with Crippen LogP contribution >= 0.6 is 31.9 Å². The van der Waals surface area contributed by atoms with E-state index in [-0.39, 0.29) is 0 Å². The van der Waals surface area contributed by atoms with Gasteiger partial charge in [0.15, 0.2) is 0 Å². The zero-order valence-electron chi connectivity index (χ0n) is 10.6. The summed E-state index contributed by atoms with van der Waals surface area (Å²) in [6.07, 6.45) is 1.81. The van der Waals surface area contributed by atoms with Gasteiger partial charge < -0.3 is 5.32 Å². The van der Waals surface area contributed by atoms with Crippen molar-refractivity contribution in [3.8, 4) is 0 Å². The van der Waals surface area contributed by atoms with Crippen LogP contribution in [0.25, 0.3) is 10.9 Å². The number of fused-ring (bicyclic) bond motifs is 1. The van der Waals surface area contributed by atoms with Crippen molar-refractivity contribution in [2.75, 3.05) is 5.32 Å². The average Bonchev–Trinajstić information content (AvgIpc) is 2.48. The van der Waals surface area contributed by atoms with E-state index in [2.05, 4.69) is 72.5 Å². The highest BCUT2D eigenvalue weighted by molar-refractivity contribution is 9.13. The molecule has 0 aliphatic rings. The number of pyridine rings is 1. The molecule has 0 radical (unpaired) electrons. The van der Waals surface area contributed by atoms with Gasteiger partial charge >= 0.3 is 0 Å². The fourth-order valence-corrected chi connectivity index (χ4v) is 2.71. The molecule has 3 rings (SSSR count). The number of nitrogens with one attached hydrogen (secondary N) is 1. The maximum absolute atomic E-state index is 4.32. The van der Waals surface area contributed by atoms with Crippen molar-refractivity contribution < 1.29 is 0 Å². The molecular formula is C16H12Br2N2.